The summed E-state index contributed by atoms with van der Waals surface area (Å²) in [6, 6.07) is 13.4. The Labute approximate surface area is 176 Å². The van der Waals surface area contributed by atoms with Crippen LogP contribution in [0.15, 0.2) is 48.5 Å². The summed E-state index contributed by atoms with van der Waals surface area (Å²) in [5.41, 5.74) is 2.28. The Balaban J connectivity index is 1.84. The van der Waals surface area contributed by atoms with Gasteiger partial charge >= 0.3 is 16.1 Å². The normalized spacial score (nSPS) is 12.2. The van der Waals surface area contributed by atoms with Crippen molar-refractivity contribution >= 4 is 27.7 Å². The van der Waals surface area contributed by atoms with Gasteiger partial charge in [-0.1, -0.05) is 24.3 Å². The number of carbonyl (C=O) groups excluding carboxylic acids is 1. The van der Waals surface area contributed by atoms with E-state index in [9.17, 15) is 18.0 Å². The first-order valence-electron chi connectivity index (χ1n) is 9.38. The first-order valence-corrected chi connectivity index (χ1v) is 11.2. The lowest BCUT2D eigenvalue weighted by Gasteiger charge is -2.13. The number of carboxylic acid groups (broad SMARTS) is 1. The van der Waals surface area contributed by atoms with Gasteiger partial charge in [-0.05, 0) is 48.7 Å². The van der Waals surface area contributed by atoms with Crippen LogP contribution >= 0.6 is 0 Å². The molecule has 2 N–H and O–H groups in total. The molecule has 0 aliphatic carbocycles. The van der Waals surface area contributed by atoms with E-state index in [0.29, 0.717) is 18.7 Å². The van der Waals surface area contributed by atoms with Crippen LogP contribution in [-0.2, 0) is 37.3 Å². The number of rotatable bonds is 11. The van der Waals surface area contributed by atoms with E-state index in [0.717, 1.165) is 17.4 Å². The van der Waals surface area contributed by atoms with Crippen molar-refractivity contribution in [3.8, 4) is 5.75 Å². The molecule has 0 fully saturated rings. The quantitative estimate of drug-likeness (QED) is 0.521. The van der Waals surface area contributed by atoms with E-state index >= 15 is 0 Å². The van der Waals surface area contributed by atoms with Crippen LogP contribution in [0.3, 0.4) is 0 Å². The maximum absolute atomic E-state index is 12.2. The fraction of sp³-hybridized carbons (Fsp3) is 0.333. The van der Waals surface area contributed by atoms with Crippen LogP contribution in [-0.4, -0.2) is 44.4 Å². The molecular weight excluding hydrogens is 410 g/mol. The Morgan fingerprint density at radius 1 is 1.03 bits per heavy atom. The Morgan fingerprint density at radius 2 is 1.63 bits per heavy atom. The number of nitrogens with one attached hydrogen (secondary N) is 1. The fourth-order valence-electron chi connectivity index (χ4n) is 2.72. The molecule has 2 aromatic rings. The predicted octanol–water partition coefficient (Wildman–Crippen LogP) is 2.63. The SMILES string of the molecule is CCOC(Cc1ccc(NC(=O)CCc2ccc(OS(C)(=O)=O)cc2)cc1)C(=O)O. The van der Waals surface area contributed by atoms with Gasteiger partial charge in [0.15, 0.2) is 6.10 Å². The van der Waals surface area contributed by atoms with Crippen molar-refractivity contribution in [2.75, 3.05) is 18.2 Å². The maximum atomic E-state index is 12.2. The molecule has 2 rings (SSSR count). The van der Waals surface area contributed by atoms with Crippen molar-refractivity contribution in [3.05, 3.63) is 59.7 Å². The molecule has 162 valence electrons. The minimum absolute atomic E-state index is 0.169. The summed E-state index contributed by atoms with van der Waals surface area (Å²) < 4.78 is 32.2. The van der Waals surface area contributed by atoms with E-state index in [1.54, 1.807) is 55.5 Å². The molecule has 9 heteroatoms. The molecule has 30 heavy (non-hydrogen) atoms. The number of hydrogen-bond donors (Lipinski definition) is 2. The van der Waals surface area contributed by atoms with Crippen molar-refractivity contribution in [1.29, 1.82) is 0 Å². The van der Waals surface area contributed by atoms with Crippen LogP contribution in [0.5, 0.6) is 5.75 Å². The van der Waals surface area contributed by atoms with Gasteiger partial charge in [0.2, 0.25) is 5.91 Å². The van der Waals surface area contributed by atoms with Gasteiger partial charge < -0.3 is 19.3 Å². The van der Waals surface area contributed by atoms with Crippen molar-refractivity contribution in [3.63, 3.8) is 0 Å². The molecular formula is C21H25NO7S. The zero-order valence-electron chi connectivity index (χ0n) is 16.8. The van der Waals surface area contributed by atoms with Gasteiger partial charge in [-0.25, -0.2) is 4.79 Å². The second kappa shape index (κ2) is 10.7. The zero-order chi connectivity index (χ0) is 22.1. The summed E-state index contributed by atoms with van der Waals surface area (Å²) in [5, 5.41) is 11.9. The van der Waals surface area contributed by atoms with Gasteiger partial charge in [0, 0.05) is 25.1 Å². The van der Waals surface area contributed by atoms with Gasteiger partial charge in [0.25, 0.3) is 0 Å². The highest BCUT2D eigenvalue weighted by Gasteiger charge is 2.17. The van der Waals surface area contributed by atoms with Crippen LogP contribution in [0.2, 0.25) is 0 Å². The molecule has 0 aliphatic heterocycles. The van der Waals surface area contributed by atoms with E-state index in [4.69, 9.17) is 14.0 Å². The number of carboxylic acids is 1. The topological polar surface area (TPSA) is 119 Å². The van der Waals surface area contributed by atoms with E-state index < -0.39 is 22.2 Å². The lowest BCUT2D eigenvalue weighted by Crippen LogP contribution is -2.26. The highest BCUT2D eigenvalue weighted by atomic mass is 32.2. The molecule has 1 unspecified atom stereocenters. The molecule has 0 heterocycles. The number of hydrogen-bond acceptors (Lipinski definition) is 6. The molecule has 0 bridgehead atoms. The van der Waals surface area contributed by atoms with E-state index in [1.807, 2.05) is 0 Å². The summed E-state index contributed by atoms with van der Waals surface area (Å²) >= 11 is 0. The largest absolute Gasteiger partial charge is 0.479 e. The van der Waals surface area contributed by atoms with Gasteiger partial charge in [0.1, 0.15) is 5.75 Å². The summed E-state index contributed by atoms with van der Waals surface area (Å²) in [7, 11) is -3.57. The lowest BCUT2D eigenvalue weighted by molar-refractivity contribution is -0.149. The molecule has 0 radical (unpaired) electrons. The number of benzene rings is 2. The third-order valence-corrected chi connectivity index (χ3v) is 4.61. The fourth-order valence-corrected chi connectivity index (χ4v) is 3.19. The molecule has 0 aliphatic rings. The smallest absolute Gasteiger partial charge is 0.333 e. The first-order chi connectivity index (χ1) is 14.2. The maximum Gasteiger partial charge on any atom is 0.333 e. The number of carbonyl (C=O) groups is 2. The van der Waals surface area contributed by atoms with Crippen molar-refractivity contribution < 1.29 is 32.0 Å². The lowest BCUT2D eigenvalue weighted by atomic mass is 10.1. The van der Waals surface area contributed by atoms with Crippen LogP contribution in [0.1, 0.15) is 24.5 Å². The highest BCUT2D eigenvalue weighted by molar-refractivity contribution is 7.86. The molecule has 1 atom stereocenters. The number of aryl methyl sites for hydroxylation is 1. The summed E-state index contributed by atoms with van der Waals surface area (Å²) in [5.74, 6) is -0.956. The Kier molecular flexibility index (Phi) is 8.37. The standard InChI is InChI=1S/C21H25NO7S/c1-3-28-19(21(24)25)14-16-4-9-17(10-5-16)22-20(23)13-8-15-6-11-18(12-7-15)29-30(2,26)27/h4-7,9-12,19H,3,8,13-14H2,1-2H3,(H,22,23)(H,24,25). The molecule has 0 saturated carbocycles. The molecule has 0 spiro atoms. The van der Waals surface area contributed by atoms with Crippen LogP contribution in [0.4, 0.5) is 5.69 Å². The Bertz CT molecular complexity index is 954. The van der Waals surface area contributed by atoms with Gasteiger partial charge in [-0.15, -0.1) is 0 Å². The second-order valence-electron chi connectivity index (χ2n) is 6.66. The monoisotopic (exact) mass is 435 g/mol. The number of ether oxygens (including phenoxy) is 1. The van der Waals surface area contributed by atoms with Crippen molar-refractivity contribution in [2.45, 2.75) is 32.3 Å². The summed E-state index contributed by atoms with van der Waals surface area (Å²) in [4.78, 5) is 23.3. The van der Waals surface area contributed by atoms with Crippen LogP contribution in [0.25, 0.3) is 0 Å². The number of amides is 1. The minimum Gasteiger partial charge on any atom is -0.479 e. The van der Waals surface area contributed by atoms with E-state index in [2.05, 4.69) is 5.32 Å². The van der Waals surface area contributed by atoms with Gasteiger partial charge in [0.05, 0.1) is 6.26 Å². The van der Waals surface area contributed by atoms with Gasteiger partial charge in [-0.3, -0.25) is 4.79 Å². The molecule has 0 saturated heterocycles. The third-order valence-electron chi connectivity index (χ3n) is 4.11. The average Bonchev–Trinajstić information content (AvgIpc) is 2.67. The number of aliphatic carboxylic acids is 1. The van der Waals surface area contributed by atoms with E-state index in [1.165, 1.54) is 0 Å². The minimum atomic E-state index is -3.57. The molecule has 2 aromatic carbocycles. The van der Waals surface area contributed by atoms with Gasteiger partial charge in [-0.2, -0.15) is 8.42 Å². The zero-order valence-corrected chi connectivity index (χ0v) is 17.6. The first kappa shape index (κ1) is 23.4. The Morgan fingerprint density at radius 3 is 2.17 bits per heavy atom. The molecule has 8 nitrogen and oxygen atoms in total. The van der Waals surface area contributed by atoms with Crippen LogP contribution < -0.4 is 9.50 Å². The predicted molar refractivity (Wildman–Crippen MR) is 112 cm³/mol. The summed E-state index contributed by atoms with van der Waals surface area (Å²) in [6.07, 6.45) is 1.05. The molecule has 1 amide bonds. The third kappa shape index (κ3) is 8.22. The molecule has 0 aromatic heterocycles. The van der Waals surface area contributed by atoms with Crippen molar-refractivity contribution in [2.24, 2.45) is 0 Å². The van der Waals surface area contributed by atoms with Crippen LogP contribution in [0, 0.1) is 0 Å². The Hall–Kier alpha value is -2.91. The summed E-state index contributed by atoms with van der Waals surface area (Å²) in [6.45, 7) is 2.06. The highest BCUT2D eigenvalue weighted by Crippen LogP contribution is 2.16. The van der Waals surface area contributed by atoms with Crippen molar-refractivity contribution in [1.82, 2.24) is 0 Å². The number of anilines is 1. The van der Waals surface area contributed by atoms with E-state index in [-0.39, 0.29) is 24.5 Å². The second-order valence-corrected chi connectivity index (χ2v) is 8.24. The average molecular weight is 435 g/mol.